The first-order valence-corrected chi connectivity index (χ1v) is 16.6. The van der Waals surface area contributed by atoms with Gasteiger partial charge in [0, 0.05) is 45.8 Å². The van der Waals surface area contributed by atoms with Gasteiger partial charge in [0.25, 0.3) is 0 Å². The molecule has 0 aromatic heterocycles. The van der Waals surface area contributed by atoms with Crippen molar-refractivity contribution in [1.29, 1.82) is 0 Å². The molecule has 260 valence electrons. The summed E-state index contributed by atoms with van der Waals surface area (Å²) >= 11 is 0. The monoisotopic (exact) mass is 650 g/mol. The van der Waals surface area contributed by atoms with Crippen molar-refractivity contribution in [2.45, 2.75) is 115 Å². The highest BCUT2D eigenvalue weighted by Crippen LogP contribution is 2.26. The summed E-state index contributed by atoms with van der Waals surface area (Å²) in [6.07, 6.45) is 13.7. The van der Waals surface area contributed by atoms with Gasteiger partial charge in [0.15, 0.2) is 5.60 Å². The Morgan fingerprint density at radius 1 is 0.957 bits per heavy atom. The summed E-state index contributed by atoms with van der Waals surface area (Å²) in [7, 11) is 1.36. The number of allylic oxidation sites excluding steroid dienone is 1. The van der Waals surface area contributed by atoms with Gasteiger partial charge in [-0.1, -0.05) is 69.7 Å². The van der Waals surface area contributed by atoms with Crippen LogP contribution in [-0.4, -0.2) is 72.4 Å². The number of carboxylic acid groups (broad SMARTS) is 1. The van der Waals surface area contributed by atoms with E-state index in [4.69, 9.17) is 15.2 Å². The second kappa shape index (κ2) is 23.9. The molecule has 1 rings (SSSR count). The van der Waals surface area contributed by atoms with Crippen LogP contribution in [0.3, 0.4) is 0 Å². The van der Waals surface area contributed by atoms with E-state index in [-0.39, 0.29) is 32.5 Å². The molecule has 0 saturated heterocycles. The number of carbonyl (C=O) groups is 4. The van der Waals surface area contributed by atoms with Crippen molar-refractivity contribution in [1.82, 2.24) is 5.32 Å². The highest BCUT2D eigenvalue weighted by molar-refractivity contribution is 5.93. The molecule has 3 atom stereocenters. The summed E-state index contributed by atoms with van der Waals surface area (Å²) in [6, 6.07) is 5.49. The first-order chi connectivity index (χ1) is 22.1. The van der Waals surface area contributed by atoms with Crippen molar-refractivity contribution in [2.75, 3.05) is 27.0 Å². The van der Waals surface area contributed by atoms with Crippen LogP contribution in [0.4, 0.5) is 4.39 Å². The third kappa shape index (κ3) is 16.3. The SMILES string of the molecule is CCCCCCCC(=O)CCCCCCC=C[C@H](C(=O)N[C@@H](Cc1ccc(OCCCF)cc1)C(N)=O)[C@@](O)(CCOC)C(=O)O. The number of carboxylic acids is 1. The van der Waals surface area contributed by atoms with Crippen LogP contribution < -0.4 is 15.8 Å². The number of carbonyl (C=O) groups excluding carboxylic acids is 3. The van der Waals surface area contributed by atoms with E-state index >= 15 is 0 Å². The Kier molecular flexibility index (Phi) is 21.2. The van der Waals surface area contributed by atoms with Crippen LogP contribution in [0.25, 0.3) is 0 Å². The van der Waals surface area contributed by atoms with Crippen molar-refractivity contribution in [3.05, 3.63) is 42.0 Å². The summed E-state index contributed by atoms with van der Waals surface area (Å²) in [5.41, 5.74) is 3.74. The maximum absolute atomic E-state index is 13.4. The largest absolute Gasteiger partial charge is 0.494 e. The first-order valence-electron chi connectivity index (χ1n) is 16.6. The zero-order chi connectivity index (χ0) is 34.2. The van der Waals surface area contributed by atoms with E-state index in [1.807, 2.05) is 0 Å². The van der Waals surface area contributed by atoms with E-state index in [0.717, 1.165) is 38.5 Å². The van der Waals surface area contributed by atoms with Gasteiger partial charge < -0.3 is 30.7 Å². The molecule has 0 aliphatic rings. The summed E-state index contributed by atoms with van der Waals surface area (Å²) in [6.45, 7) is 1.79. The van der Waals surface area contributed by atoms with Crippen molar-refractivity contribution >= 4 is 23.6 Å². The van der Waals surface area contributed by atoms with Gasteiger partial charge in [-0.25, -0.2) is 4.79 Å². The number of hydrogen-bond acceptors (Lipinski definition) is 7. The van der Waals surface area contributed by atoms with Crippen molar-refractivity contribution in [2.24, 2.45) is 11.7 Å². The predicted molar refractivity (Wildman–Crippen MR) is 175 cm³/mol. The van der Waals surface area contributed by atoms with E-state index in [9.17, 15) is 33.8 Å². The second-order valence-corrected chi connectivity index (χ2v) is 11.7. The first kappa shape index (κ1) is 40.7. The lowest BCUT2D eigenvalue weighted by molar-refractivity contribution is -0.168. The lowest BCUT2D eigenvalue weighted by atomic mass is 9.83. The fourth-order valence-corrected chi connectivity index (χ4v) is 5.02. The van der Waals surface area contributed by atoms with Gasteiger partial charge in [0.05, 0.1) is 19.2 Å². The molecule has 5 N–H and O–H groups in total. The number of methoxy groups -OCH3 is 1. The van der Waals surface area contributed by atoms with Crippen molar-refractivity contribution in [3.8, 4) is 5.75 Å². The number of primary amides is 1. The van der Waals surface area contributed by atoms with Crippen LogP contribution in [0.15, 0.2) is 36.4 Å². The number of halogens is 1. The van der Waals surface area contributed by atoms with Gasteiger partial charge in [-0.05, 0) is 43.4 Å². The standard InChI is InChI=1S/C35H55FN2O8/c1-3-4-5-8-11-15-28(39)16-12-9-6-7-10-13-17-30(35(44,34(42)43)22-25-45-2)33(41)38-31(32(37)40)26-27-18-20-29(21-19-27)46-24-14-23-36/h13,17-21,30-31,44H,3-12,14-16,22-26H2,1-2H3,(H2,37,40)(H,38,41)(H,42,43)/t30-,31+,35+/m1/s1. The molecule has 0 saturated carbocycles. The number of unbranched alkanes of at least 4 members (excludes halogenated alkanes) is 8. The van der Waals surface area contributed by atoms with Crippen LogP contribution in [0.5, 0.6) is 5.75 Å². The van der Waals surface area contributed by atoms with E-state index in [1.54, 1.807) is 30.3 Å². The minimum atomic E-state index is -2.49. The Morgan fingerprint density at radius 2 is 1.59 bits per heavy atom. The molecule has 0 spiro atoms. The summed E-state index contributed by atoms with van der Waals surface area (Å²) in [5, 5.41) is 23.6. The van der Waals surface area contributed by atoms with Gasteiger partial charge in [-0.2, -0.15) is 0 Å². The molecule has 0 fully saturated rings. The zero-order valence-corrected chi connectivity index (χ0v) is 27.6. The van der Waals surface area contributed by atoms with Crippen LogP contribution in [0.1, 0.15) is 102 Å². The third-order valence-corrected chi connectivity index (χ3v) is 7.89. The van der Waals surface area contributed by atoms with Gasteiger partial charge in [0.2, 0.25) is 11.8 Å². The maximum atomic E-state index is 13.4. The predicted octanol–water partition coefficient (Wildman–Crippen LogP) is 5.23. The second-order valence-electron chi connectivity index (χ2n) is 11.7. The number of aliphatic hydroxyl groups is 1. The molecule has 11 heteroatoms. The number of amides is 2. The highest BCUT2D eigenvalue weighted by atomic mass is 19.1. The van der Waals surface area contributed by atoms with Gasteiger partial charge in [0.1, 0.15) is 17.6 Å². The molecule has 46 heavy (non-hydrogen) atoms. The van der Waals surface area contributed by atoms with Crippen LogP contribution in [0, 0.1) is 5.92 Å². The Bertz CT molecular complexity index is 1070. The van der Waals surface area contributed by atoms with E-state index in [1.165, 1.54) is 32.4 Å². The van der Waals surface area contributed by atoms with Gasteiger partial charge in [-0.3, -0.25) is 18.8 Å². The number of ether oxygens (including phenoxy) is 2. The molecule has 0 aliphatic heterocycles. The van der Waals surface area contributed by atoms with Gasteiger partial charge >= 0.3 is 5.97 Å². The van der Waals surface area contributed by atoms with E-state index in [0.29, 0.717) is 36.4 Å². The minimum Gasteiger partial charge on any atom is -0.494 e. The number of rotatable bonds is 28. The molecule has 0 unspecified atom stereocenters. The zero-order valence-electron chi connectivity index (χ0n) is 27.6. The number of Topliss-reactive ketones (excluding diaryl/α,β-unsaturated/α-hetero) is 1. The Labute approximate surface area is 273 Å². The molecule has 1 aromatic rings. The summed E-state index contributed by atoms with van der Waals surface area (Å²) in [4.78, 5) is 50.0. The van der Waals surface area contributed by atoms with Gasteiger partial charge in [-0.15, -0.1) is 0 Å². The fourth-order valence-electron chi connectivity index (χ4n) is 5.02. The highest BCUT2D eigenvalue weighted by Gasteiger charge is 2.47. The fraction of sp³-hybridized carbons (Fsp3) is 0.657. The van der Waals surface area contributed by atoms with Crippen LogP contribution in [0.2, 0.25) is 0 Å². The van der Waals surface area contributed by atoms with Crippen LogP contribution >= 0.6 is 0 Å². The molecular weight excluding hydrogens is 595 g/mol. The molecule has 0 heterocycles. The number of nitrogens with one attached hydrogen (secondary N) is 1. The number of ketones is 1. The Hall–Kier alpha value is -3.31. The molecule has 0 radical (unpaired) electrons. The number of aliphatic carboxylic acids is 1. The van der Waals surface area contributed by atoms with E-state index in [2.05, 4.69) is 12.2 Å². The molecule has 0 bridgehead atoms. The Balaban J connectivity index is 2.80. The summed E-state index contributed by atoms with van der Waals surface area (Å²) < 4.78 is 22.7. The summed E-state index contributed by atoms with van der Waals surface area (Å²) in [5.74, 6) is -3.98. The number of nitrogens with two attached hydrogens (primary N) is 1. The normalized spacial score (nSPS) is 14.0. The molecular formula is C35H55FN2O8. The van der Waals surface area contributed by atoms with Crippen molar-refractivity contribution < 1.29 is 43.3 Å². The minimum absolute atomic E-state index is 0.0210. The maximum Gasteiger partial charge on any atom is 0.336 e. The molecule has 10 nitrogen and oxygen atoms in total. The average Bonchev–Trinajstić information content (AvgIpc) is 3.03. The number of alkyl halides is 1. The van der Waals surface area contributed by atoms with Crippen molar-refractivity contribution in [3.63, 3.8) is 0 Å². The molecule has 1 aromatic carbocycles. The van der Waals surface area contributed by atoms with Crippen LogP contribution in [-0.2, 0) is 30.3 Å². The lowest BCUT2D eigenvalue weighted by Crippen LogP contribution is -2.55. The van der Waals surface area contributed by atoms with E-state index < -0.39 is 42.0 Å². The quantitative estimate of drug-likeness (QED) is 0.0707. The molecule has 2 amide bonds. The average molecular weight is 651 g/mol. The Morgan fingerprint density at radius 3 is 2.15 bits per heavy atom. The topological polar surface area (TPSA) is 165 Å². The number of hydrogen-bond donors (Lipinski definition) is 4. The lowest BCUT2D eigenvalue weighted by Gasteiger charge is -2.30. The number of benzene rings is 1. The third-order valence-electron chi connectivity index (χ3n) is 7.89. The molecule has 0 aliphatic carbocycles. The smallest absolute Gasteiger partial charge is 0.336 e.